The summed E-state index contributed by atoms with van der Waals surface area (Å²) in [6.07, 6.45) is 1.04. The molecule has 0 radical (unpaired) electrons. The van der Waals surface area contributed by atoms with E-state index in [0.29, 0.717) is 6.04 Å². The number of carbonyl (C=O) groups excluding carboxylic acids is 1. The van der Waals surface area contributed by atoms with Gasteiger partial charge in [0.2, 0.25) is 5.91 Å². The molecule has 1 fully saturated rings. The Labute approximate surface area is 139 Å². The Balaban J connectivity index is 1.61. The second kappa shape index (κ2) is 5.95. The number of likely N-dealkylation sites (tertiary alicyclic amines) is 1. The van der Waals surface area contributed by atoms with Crippen LogP contribution in [-0.2, 0) is 11.3 Å². The molecule has 1 aromatic heterocycles. The van der Waals surface area contributed by atoms with Crippen LogP contribution >= 0.6 is 11.3 Å². The standard InChI is InChI=1S/C19H20N2OS/c1-13(22)20-15-9-10-21(12-15)11-14-5-4-7-17-16-6-2-3-8-18(16)23-19(14)17/h2-8,15H,9-12H2,1H3,(H,20,22). The summed E-state index contributed by atoms with van der Waals surface area (Å²) in [4.78, 5) is 13.7. The van der Waals surface area contributed by atoms with Crippen LogP contribution < -0.4 is 5.32 Å². The summed E-state index contributed by atoms with van der Waals surface area (Å²) in [5, 5.41) is 5.75. The van der Waals surface area contributed by atoms with Crippen molar-refractivity contribution in [3.63, 3.8) is 0 Å². The van der Waals surface area contributed by atoms with Crippen molar-refractivity contribution in [3.05, 3.63) is 48.0 Å². The van der Waals surface area contributed by atoms with Crippen LogP contribution in [0.4, 0.5) is 0 Å². The average molecular weight is 324 g/mol. The highest BCUT2D eigenvalue weighted by atomic mass is 32.1. The number of carbonyl (C=O) groups is 1. The molecule has 0 aliphatic carbocycles. The maximum atomic E-state index is 11.2. The van der Waals surface area contributed by atoms with Gasteiger partial charge >= 0.3 is 0 Å². The van der Waals surface area contributed by atoms with E-state index in [2.05, 4.69) is 52.7 Å². The van der Waals surface area contributed by atoms with Gasteiger partial charge in [-0.2, -0.15) is 0 Å². The summed E-state index contributed by atoms with van der Waals surface area (Å²) in [6.45, 7) is 4.55. The third-order valence-electron chi connectivity index (χ3n) is 4.56. The molecule has 118 valence electrons. The minimum Gasteiger partial charge on any atom is -0.352 e. The number of hydrogen-bond donors (Lipinski definition) is 1. The molecule has 0 saturated carbocycles. The van der Waals surface area contributed by atoms with Crippen LogP contribution in [0.15, 0.2) is 42.5 Å². The van der Waals surface area contributed by atoms with Gasteiger partial charge in [0.15, 0.2) is 0 Å². The first kappa shape index (κ1) is 14.7. The van der Waals surface area contributed by atoms with Crippen molar-refractivity contribution in [2.75, 3.05) is 13.1 Å². The zero-order valence-electron chi connectivity index (χ0n) is 13.2. The summed E-state index contributed by atoms with van der Waals surface area (Å²) in [6, 6.07) is 15.6. The van der Waals surface area contributed by atoms with E-state index in [-0.39, 0.29) is 5.91 Å². The van der Waals surface area contributed by atoms with Crippen LogP contribution in [0.5, 0.6) is 0 Å². The average Bonchev–Trinajstić information content (AvgIpc) is 3.12. The van der Waals surface area contributed by atoms with Crippen molar-refractivity contribution < 1.29 is 4.79 Å². The predicted octanol–water partition coefficient (Wildman–Crippen LogP) is 3.76. The van der Waals surface area contributed by atoms with Crippen LogP contribution in [0.3, 0.4) is 0 Å². The number of amides is 1. The van der Waals surface area contributed by atoms with Gasteiger partial charge in [-0.05, 0) is 18.1 Å². The lowest BCUT2D eigenvalue weighted by Gasteiger charge is -2.16. The van der Waals surface area contributed by atoms with E-state index >= 15 is 0 Å². The fourth-order valence-electron chi connectivity index (χ4n) is 3.55. The van der Waals surface area contributed by atoms with Crippen LogP contribution in [0.1, 0.15) is 18.9 Å². The van der Waals surface area contributed by atoms with Gasteiger partial charge in [0.1, 0.15) is 0 Å². The zero-order chi connectivity index (χ0) is 15.8. The molecule has 1 unspecified atom stereocenters. The minimum absolute atomic E-state index is 0.0726. The normalized spacial score (nSPS) is 18.7. The second-order valence-corrected chi connectivity index (χ2v) is 7.37. The smallest absolute Gasteiger partial charge is 0.217 e. The van der Waals surface area contributed by atoms with Crippen molar-refractivity contribution in [2.24, 2.45) is 0 Å². The van der Waals surface area contributed by atoms with E-state index in [0.717, 1.165) is 26.1 Å². The number of nitrogens with one attached hydrogen (secondary N) is 1. The minimum atomic E-state index is 0.0726. The monoisotopic (exact) mass is 324 g/mol. The molecule has 2 heterocycles. The Bertz CT molecular complexity index is 870. The van der Waals surface area contributed by atoms with Gasteiger partial charge < -0.3 is 5.32 Å². The highest BCUT2D eigenvalue weighted by Crippen LogP contribution is 2.36. The summed E-state index contributed by atoms with van der Waals surface area (Å²) in [5.74, 6) is 0.0726. The fourth-order valence-corrected chi connectivity index (χ4v) is 4.76. The van der Waals surface area contributed by atoms with Crippen molar-refractivity contribution >= 4 is 37.4 Å². The Morgan fingerprint density at radius 1 is 1.22 bits per heavy atom. The van der Waals surface area contributed by atoms with E-state index in [1.807, 2.05) is 11.3 Å². The maximum absolute atomic E-state index is 11.2. The summed E-state index contributed by atoms with van der Waals surface area (Å²) >= 11 is 1.89. The number of hydrogen-bond acceptors (Lipinski definition) is 3. The third kappa shape index (κ3) is 2.84. The lowest BCUT2D eigenvalue weighted by atomic mass is 10.1. The first-order valence-corrected chi connectivity index (χ1v) is 8.91. The number of benzene rings is 2. The van der Waals surface area contributed by atoms with E-state index in [9.17, 15) is 4.79 Å². The zero-order valence-corrected chi connectivity index (χ0v) is 14.0. The van der Waals surface area contributed by atoms with E-state index in [1.165, 1.54) is 25.7 Å². The van der Waals surface area contributed by atoms with Gasteiger partial charge in [-0.25, -0.2) is 0 Å². The molecule has 3 aromatic rings. The van der Waals surface area contributed by atoms with Gasteiger partial charge in [0.25, 0.3) is 0 Å². The van der Waals surface area contributed by atoms with Gasteiger partial charge in [-0.3, -0.25) is 9.69 Å². The molecule has 1 atom stereocenters. The Kier molecular flexibility index (Phi) is 3.79. The number of rotatable bonds is 3. The molecule has 3 nitrogen and oxygen atoms in total. The molecular weight excluding hydrogens is 304 g/mol. The SMILES string of the molecule is CC(=O)NC1CCN(Cc2cccc3c2sc2ccccc23)C1. The molecule has 23 heavy (non-hydrogen) atoms. The highest BCUT2D eigenvalue weighted by molar-refractivity contribution is 7.26. The quantitative estimate of drug-likeness (QED) is 0.795. The molecule has 4 heteroatoms. The van der Waals surface area contributed by atoms with E-state index in [1.54, 1.807) is 6.92 Å². The van der Waals surface area contributed by atoms with Gasteiger partial charge in [-0.1, -0.05) is 36.4 Å². The molecule has 2 aromatic carbocycles. The maximum Gasteiger partial charge on any atom is 0.217 e. The van der Waals surface area contributed by atoms with Crippen LogP contribution in [0.2, 0.25) is 0 Å². The molecule has 1 saturated heterocycles. The Morgan fingerprint density at radius 2 is 2.04 bits per heavy atom. The van der Waals surface area contributed by atoms with E-state index in [4.69, 9.17) is 0 Å². The van der Waals surface area contributed by atoms with E-state index < -0.39 is 0 Å². The third-order valence-corrected chi connectivity index (χ3v) is 5.82. The largest absolute Gasteiger partial charge is 0.352 e. The number of thiophene rings is 1. The summed E-state index contributed by atoms with van der Waals surface area (Å²) in [5.41, 5.74) is 1.40. The summed E-state index contributed by atoms with van der Waals surface area (Å²) in [7, 11) is 0. The fraction of sp³-hybridized carbons (Fsp3) is 0.316. The lowest BCUT2D eigenvalue weighted by Crippen LogP contribution is -2.35. The molecular formula is C19H20N2OS. The Morgan fingerprint density at radius 3 is 2.91 bits per heavy atom. The molecule has 0 bridgehead atoms. The van der Waals surface area contributed by atoms with Crippen molar-refractivity contribution in [3.8, 4) is 0 Å². The van der Waals surface area contributed by atoms with Crippen molar-refractivity contribution in [1.29, 1.82) is 0 Å². The predicted molar refractivity (Wildman–Crippen MR) is 96.8 cm³/mol. The second-order valence-electron chi connectivity index (χ2n) is 6.31. The van der Waals surface area contributed by atoms with Crippen LogP contribution in [-0.4, -0.2) is 29.9 Å². The molecule has 4 rings (SSSR count). The first-order valence-electron chi connectivity index (χ1n) is 8.09. The topological polar surface area (TPSA) is 32.3 Å². The molecule has 1 aliphatic rings. The number of fused-ring (bicyclic) bond motifs is 3. The Hall–Kier alpha value is -1.91. The number of nitrogens with zero attached hydrogens (tertiary/aromatic N) is 1. The lowest BCUT2D eigenvalue weighted by molar-refractivity contribution is -0.119. The van der Waals surface area contributed by atoms with Gasteiger partial charge in [0.05, 0.1) is 0 Å². The van der Waals surface area contributed by atoms with Crippen LogP contribution in [0, 0.1) is 0 Å². The van der Waals surface area contributed by atoms with Crippen molar-refractivity contribution in [1.82, 2.24) is 10.2 Å². The summed E-state index contributed by atoms with van der Waals surface area (Å²) < 4.78 is 2.75. The molecule has 1 N–H and O–H groups in total. The van der Waals surface area contributed by atoms with Gasteiger partial charge in [0, 0.05) is 52.8 Å². The van der Waals surface area contributed by atoms with Crippen molar-refractivity contribution in [2.45, 2.75) is 25.9 Å². The molecule has 1 amide bonds. The molecule has 1 aliphatic heterocycles. The highest BCUT2D eigenvalue weighted by Gasteiger charge is 2.23. The van der Waals surface area contributed by atoms with Crippen LogP contribution in [0.25, 0.3) is 20.2 Å². The first-order chi connectivity index (χ1) is 11.2. The van der Waals surface area contributed by atoms with Gasteiger partial charge in [-0.15, -0.1) is 11.3 Å². The molecule has 0 spiro atoms.